The van der Waals surface area contributed by atoms with Crippen LogP contribution in [0.5, 0.6) is 0 Å². The number of amides is 3. The van der Waals surface area contributed by atoms with Crippen LogP contribution in [-0.2, 0) is 4.79 Å². The molecule has 0 aliphatic carbocycles. The molecular weight excluding hydrogens is 366 g/mol. The number of urea groups is 1. The topological polar surface area (TPSA) is 102 Å². The first kappa shape index (κ1) is 18.7. The first-order valence-corrected chi connectivity index (χ1v) is 9.28. The van der Waals surface area contributed by atoms with Gasteiger partial charge >= 0.3 is 6.03 Å². The molecule has 8 nitrogen and oxygen atoms in total. The van der Waals surface area contributed by atoms with Gasteiger partial charge in [0.2, 0.25) is 11.7 Å². The number of carbonyl (C=O) groups excluding carboxylic acids is 2. The van der Waals surface area contributed by atoms with Gasteiger partial charge in [0.05, 0.1) is 11.5 Å². The molecular formula is C18H19N5O3S. The summed E-state index contributed by atoms with van der Waals surface area (Å²) in [4.78, 5) is 23.8. The van der Waals surface area contributed by atoms with Crippen molar-refractivity contribution in [2.45, 2.75) is 24.3 Å². The summed E-state index contributed by atoms with van der Waals surface area (Å²) in [6.45, 7) is 3.92. The van der Waals surface area contributed by atoms with Gasteiger partial charge in [0, 0.05) is 12.2 Å². The first-order chi connectivity index (χ1) is 13.1. The van der Waals surface area contributed by atoms with E-state index < -0.39 is 17.2 Å². The van der Waals surface area contributed by atoms with E-state index in [9.17, 15) is 9.59 Å². The van der Waals surface area contributed by atoms with Crippen LogP contribution in [0.2, 0.25) is 0 Å². The van der Waals surface area contributed by atoms with Crippen molar-refractivity contribution in [3.05, 3.63) is 48.7 Å². The molecule has 0 unspecified atom stereocenters. The summed E-state index contributed by atoms with van der Waals surface area (Å²) in [5.41, 5.74) is 0.840. The van der Waals surface area contributed by atoms with Crippen LogP contribution in [0.1, 0.15) is 13.8 Å². The number of nitrogens with zero attached hydrogens (tertiary/aromatic N) is 3. The average molecular weight is 385 g/mol. The van der Waals surface area contributed by atoms with Gasteiger partial charge in [0.15, 0.2) is 10.9 Å². The summed E-state index contributed by atoms with van der Waals surface area (Å²) >= 11 is 1.21. The number of benzene rings is 1. The third-order valence-electron chi connectivity index (χ3n) is 3.61. The molecule has 2 aromatic heterocycles. The minimum atomic E-state index is -0.552. The molecule has 2 N–H and O–H groups in total. The molecule has 3 rings (SSSR count). The molecule has 140 valence electrons. The van der Waals surface area contributed by atoms with E-state index in [1.807, 2.05) is 34.9 Å². The number of para-hydroxylation sites is 1. The average Bonchev–Trinajstić information content (AvgIpc) is 3.32. The molecule has 0 saturated carbocycles. The molecule has 0 bridgehead atoms. The molecule has 0 radical (unpaired) electrons. The fourth-order valence-corrected chi connectivity index (χ4v) is 3.22. The Hall–Kier alpha value is -3.07. The van der Waals surface area contributed by atoms with Crippen molar-refractivity contribution in [2.24, 2.45) is 0 Å². The molecule has 0 aliphatic rings. The zero-order valence-corrected chi connectivity index (χ0v) is 15.7. The molecule has 0 aliphatic heterocycles. The van der Waals surface area contributed by atoms with Crippen LogP contribution in [0, 0.1) is 0 Å². The van der Waals surface area contributed by atoms with Crippen LogP contribution < -0.4 is 10.6 Å². The third kappa shape index (κ3) is 4.37. The maximum Gasteiger partial charge on any atom is 0.321 e. The minimum absolute atomic E-state index is 0.409. The number of carbonyl (C=O) groups is 2. The van der Waals surface area contributed by atoms with E-state index in [1.54, 1.807) is 32.2 Å². The van der Waals surface area contributed by atoms with Gasteiger partial charge in [-0.05, 0) is 38.1 Å². The Morgan fingerprint density at radius 2 is 1.96 bits per heavy atom. The Morgan fingerprint density at radius 1 is 1.19 bits per heavy atom. The second-order valence-corrected chi connectivity index (χ2v) is 6.87. The summed E-state index contributed by atoms with van der Waals surface area (Å²) in [6, 6.07) is 12.6. The summed E-state index contributed by atoms with van der Waals surface area (Å²) < 4.78 is 7.28. The maximum absolute atomic E-state index is 12.2. The van der Waals surface area contributed by atoms with Gasteiger partial charge < -0.3 is 9.73 Å². The number of furan rings is 1. The van der Waals surface area contributed by atoms with Crippen molar-refractivity contribution in [3.63, 3.8) is 0 Å². The predicted octanol–water partition coefficient (Wildman–Crippen LogP) is 2.85. The lowest BCUT2D eigenvalue weighted by molar-refractivity contribution is -0.119. The van der Waals surface area contributed by atoms with E-state index in [0.717, 1.165) is 5.69 Å². The minimum Gasteiger partial charge on any atom is -0.461 e. The summed E-state index contributed by atoms with van der Waals surface area (Å²) in [5.74, 6) is 0.691. The Kier molecular flexibility index (Phi) is 5.92. The molecule has 3 amide bonds. The van der Waals surface area contributed by atoms with Crippen LogP contribution in [0.3, 0.4) is 0 Å². The smallest absolute Gasteiger partial charge is 0.321 e. The van der Waals surface area contributed by atoms with Crippen LogP contribution in [0.4, 0.5) is 4.79 Å². The second kappa shape index (κ2) is 8.54. The third-order valence-corrected chi connectivity index (χ3v) is 4.66. The molecule has 1 aromatic carbocycles. The van der Waals surface area contributed by atoms with Crippen molar-refractivity contribution < 1.29 is 14.0 Å². The van der Waals surface area contributed by atoms with E-state index in [4.69, 9.17) is 4.42 Å². The van der Waals surface area contributed by atoms with Gasteiger partial charge in [0.1, 0.15) is 0 Å². The molecule has 0 spiro atoms. The van der Waals surface area contributed by atoms with Crippen LogP contribution in [-0.4, -0.2) is 38.5 Å². The number of rotatable bonds is 6. The number of imide groups is 1. The monoisotopic (exact) mass is 385 g/mol. The highest BCUT2D eigenvalue weighted by Crippen LogP contribution is 2.30. The maximum atomic E-state index is 12.2. The van der Waals surface area contributed by atoms with Crippen molar-refractivity contribution in [3.8, 4) is 17.3 Å². The molecule has 0 fully saturated rings. The van der Waals surface area contributed by atoms with E-state index >= 15 is 0 Å². The number of hydrogen-bond donors (Lipinski definition) is 2. The number of hydrogen-bond acceptors (Lipinski definition) is 6. The van der Waals surface area contributed by atoms with Crippen molar-refractivity contribution in [1.29, 1.82) is 0 Å². The van der Waals surface area contributed by atoms with E-state index in [1.165, 1.54) is 11.8 Å². The van der Waals surface area contributed by atoms with Crippen molar-refractivity contribution in [2.75, 3.05) is 6.54 Å². The van der Waals surface area contributed by atoms with Gasteiger partial charge in [-0.25, -0.2) is 4.79 Å². The zero-order chi connectivity index (χ0) is 19.2. The second-order valence-electron chi connectivity index (χ2n) is 5.56. The van der Waals surface area contributed by atoms with Gasteiger partial charge in [-0.1, -0.05) is 30.0 Å². The predicted molar refractivity (Wildman–Crippen MR) is 102 cm³/mol. The molecule has 27 heavy (non-hydrogen) atoms. The number of thioether (sulfide) groups is 1. The highest BCUT2D eigenvalue weighted by atomic mass is 32.2. The normalized spacial score (nSPS) is 11.8. The van der Waals surface area contributed by atoms with Gasteiger partial charge in [-0.3, -0.25) is 14.7 Å². The standard InChI is InChI=1S/C18H19N5O3S/c1-3-19-17(25)20-16(24)12(2)27-18-22-21-15(14-10-7-11-26-14)23(18)13-8-5-4-6-9-13/h4-12H,3H2,1-2H3,(H2,19,20,24,25)/t12-/m0/s1. The lowest BCUT2D eigenvalue weighted by Crippen LogP contribution is -2.42. The van der Waals surface area contributed by atoms with Crippen molar-refractivity contribution in [1.82, 2.24) is 25.4 Å². The van der Waals surface area contributed by atoms with Gasteiger partial charge in [0.25, 0.3) is 0 Å². The lowest BCUT2D eigenvalue weighted by atomic mass is 10.3. The quantitative estimate of drug-likeness (QED) is 0.633. The lowest BCUT2D eigenvalue weighted by Gasteiger charge is -2.13. The highest BCUT2D eigenvalue weighted by Gasteiger charge is 2.23. The van der Waals surface area contributed by atoms with E-state index in [-0.39, 0.29) is 0 Å². The largest absolute Gasteiger partial charge is 0.461 e. The summed E-state index contributed by atoms with van der Waals surface area (Å²) in [5, 5.41) is 13.3. The Labute approximate surface area is 160 Å². The fraction of sp³-hybridized carbons (Fsp3) is 0.222. The molecule has 0 saturated heterocycles. The van der Waals surface area contributed by atoms with Crippen LogP contribution in [0.25, 0.3) is 17.3 Å². The van der Waals surface area contributed by atoms with Crippen LogP contribution >= 0.6 is 11.8 Å². The first-order valence-electron chi connectivity index (χ1n) is 8.40. The fourth-order valence-electron chi connectivity index (χ4n) is 2.35. The summed E-state index contributed by atoms with van der Waals surface area (Å²) in [6.07, 6.45) is 1.56. The SMILES string of the molecule is CCNC(=O)NC(=O)[C@H](C)Sc1nnc(-c2ccco2)n1-c1ccccc1. The van der Waals surface area contributed by atoms with Crippen LogP contribution in [0.15, 0.2) is 58.3 Å². The Bertz CT molecular complexity index is 908. The number of aromatic nitrogens is 3. The van der Waals surface area contributed by atoms with Gasteiger partial charge in [-0.2, -0.15) is 0 Å². The molecule has 9 heteroatoms. The number of nitrogens with one attached hydrogen (secondary N) is 2. The molecule has 2 heterocycles. The van der Waals surface area contributed by atoms with E-state index in [2.05, 4.69) is 20.8 Å². The Morgan fingerprint density at radius 3 is 2.63 bits per heavy atom. The molecule has 1 atom stereocenters. The molecule has 3 aromatic rings. The summed E-state index contributed by atoms with van der Waals surface area (Å²) in [7, 11) is 0. The zero-order valence-electron chi connectivity index (χ0n) is 14.9. The Balaban J connectivity index is 1.87. The van der Waals surface area contributed by atoms with E-state index in [0.29, 0.717) is 23.3 Å². The van der Waals surface area contributed by atoms with Gasteiger partial charge in [-0.15, -0.1) is 10.2 Å². The van der Waals surface area contributed by atoms with Crippen molar-refractivity contribution >= 4 is 23.7 Å². The highest BCUT2D eigenvalue weighted by molar-refractivity contribution is 8.00.